The highest BCUT2D eigenvalue weighted by atomic mass is 16.5. The van der Waals surface area contributed by atoms with Crippen LogP contribution in [0.4, 0.5) is 0 Å². The number of nitrogens with zero attached hydrogens (tertiary/aromatic N) is 2. The zero-order valence-electron chi connectivity index (χ0n) is 19.5. The Bertz CT molecular complexity index is 941. The molecular weight excluding hydrogens is 386 g/mol. The van der Waals surface area contributed by atoms with Gasteiger partial charge in [-0.05, 0) is 76.1 Å². The quantitative estimate of drug-likeness (QED) is 0.377. The van der Waals surface area contributed by atoms with Crippen LogP contribution >= 0.6 is 0 Å². The van der Waals surface area contributed by atoms with Gasteiger partial charge in [0.15, 0.2) is 0 Å². The van der Waals surface area contributed by atoms with Gasteiger partial charge in [0.25, 0.3) is 5.91 Å². The molecule has 1 amide bonds. The lowest BCUT2D eigenvalue weighted by Crippen LogP contribution is -2.35. The van der Waals surface area contributed by atoms with Gasteiger partial charge in [-0.15, -0.1) is 0 Å². The third-order valence-electron chi connectivity index (χ3n) is 7.21. The fraction of sp³-hybridized carbons (Fsp3) is 0.538. The molecule has 1 N–H and O–H groups in total. The zero-order chi connectivity index (χ0) is 22.3. The topological polar surface area (TPSA) is 53.9 Å². The Kier molecular flexibility index (Phi) is 5.71. The molecule has 0 bridgehead atoms. The first kappa shape index (κ1) is 21.7. The Hall–Kier alpha value is -2.56. The van der Waals surface area contributed by atoms with Crippen molar-refractivity contribution < 1.29 is 9.53 Å². The molecule has 4 rings (SSSR count). The molecule has 1 aromatic carbocycles. The number of piperidine rings is 1. The number of carbonyl (C=O) groups excluding carboxylic acids is 1. The number of hydrogen-bond acceptors (Lipinski definition) is 4. The predicted molar refractivity (Wildman–Crippen MR) is 125 cm³/mol. The Labute approximate surface area is 186 Å². The average molecular weight is 422 g/mol. The van der Waals surface area contributed by atoms with Gasteiger partial charge in [-0.1, -0.05) is 30.7 Å². The van der Waals surface area contributed by atoms with Gasteiger partial charge in [-0.3, -0.25) is 4.79 Å². The number of amides is 1. The Morgan fingerprint density at radius 3 is 2.42 bits per heavy atom. The molecule has 1 aliphatic heterocycles. The lowest BCUT2D eigenvalue weighted by Gasteiger charge is -2.25. The monoisotopic (exact) mass is 421 g/mol. The number of nitrogens with one attached hydrogen (secondary N) is 1. The predicted octanol–water partition coefficient (Wildman–Crippen LogP) is 4.67. The van der Waals surface area contributed by atoms with Crippen LogP contribution in [-0.2, 0) is 4.79 Å². The van der Waals surface area contributed by atoms with E-state index < -0.39 is 0 Å². The second kappa shape index (κ2) is 8.18. The molecule has 5 nitrogen and oxygen atoms in total. The number of methoxy groups -OCH3 is 1. The van der Waals surface area contributed by atoms with E-state index in [0.29, 0.717) is 17.8 Å². The molecule has 0 radical (unpaired) electrons. The van der Waals surface area contributed by atoms with Gasteiger partial charge in [0.05, 0.1) is 7.11 Å². The van der Waals surface area contributed by atoms with Crippen molar-refractivity contribution in [3.8, 4) is 5.75 Å². The minimum absolute atomic E-state index is 0.0873. The Balaban J connectivity index is 1.52. The summed E-state index contributed by atoms with van der Waals surface area (Å²) >= 11 is 0. The molecule has 1 aromatic rings. The molecule has 3 fully saturated rings. The summed E-state index contributed by atoms with van der Waals surface area (Å²) < 4.78 is 5.57. The molecule has 0 unspecified atom stereocenters. The lowest BCUT2D eigenvalue weighted by molar-refractivity contribution is -0.126. The van der Waals surface area contributed by atoms with Crippen LogP contribution in [0.5, 0.6) is 5.75 Å². The summed E-state index contributed by atoms with van der Waals surface area (Å²) in [4.78, 5) is 20.0. The first-order chi connectivity index (χ1) is 14.8. The van der Waals surface area contributed by atoms with Gasteiger partial charge >= 0.3 is 0 Å². The SMILES string of the molecule is C=N/C(NC1(C)CC1)=C(\CC)C(C(=O)N1C[C@@H]2[C@H](C1)[C@H]2c1ccccc1OC)=C(C)C. The normalized spacial score (nSPS) is 25.8. The summed E-state index contributed by atoms with van der Waals surface area (Å²) in [5.41, 5.74) is 4.19. The van der Waals surface area contributed by atoms with E-state index in [9.17, 15) is 4.79 Å². The number of benzene rings is 1. The number of ether oxygens (including phenoxy) is 1. The smallest absolute Gasteiger partial charge is 0.254 e. The molecule has 166 valence electrons. The molecule has 31 heavy (non-hydrogen) atoms. The highest BCUT2D eigenvalue weighted by Gasteiger charge is 2.58. The van der Waals surface area contributed by atoms with Crippen molar-refractivity contribution >= 4 is 12.6 Å². The van der Waals surface area contributed by atoms with Gasteiger partial charge < -0.3 is 15.0 Å². The van der Waals surface area contributed by atoms with Crippen LogP contribution in [0.25, 0.3) is 0 Å². The number of para-hydroxylation sites is 1. The second-order valence-electron chi connectivity index (χ2n) is 9.71. The van der Waals surface area contributed by atoms with Crippen LogP contribution < -0.4 is 10.1 Å². The third kappa shape index (κ3) is 4.02. The molecule has 1 saturated heterocycles. The van der Waals surface area contributed by atoms with E-state index in [1.54, 1.807) is 7.11 Å². The first-order valence-electron chi connectivity index (χ1n) is 11.4. The van der Waals surface area contributed by atoms with E-state index in [0.717, 1.165) is 60.6 Å². The van der Waals surface area contributed by atoms with Crippen molar-refractivity contribution in [3.63, 3.8) is 0 Å². The van der Waals surface area contributed by atoms with Crippen molar-refractivity contribution in [1.82, 2.24) is 10.2 Å². The molecule has 2 aliphatic carbocycles. The summed E-state index contributed by atoms with van der Waals surface area (Å²) in [5.74, 6) is 3.40. The van der Waals surface area contributed by atoms with Crippen LogP contribution in [-0.4, -0.2) is 43.3 Å². The van der Waals surface area contributed by atoms with Crippen molar-refractivity contribution in [2.75, 3.05) is 20.2 Å². The fourth-order valence-corrected chi connectivity index (χ4v) is 5.17. The van der Waals surface area contributed by atoms with E-state index in [2.05, 4.69) is 43.0 Å². The second-order valence-corrected chi connectivity index (χ2v) is 9.71. The highest BCUT2D eigenvalue weighted by molar-refractivity contribution is 5.99. The first-order valence-corrected chi connectivity index (χ1v) is 11.4. The standard InChI is InChI=1S/C26H35N3O2/c1-7-17(24(27-5)28-26(4)12-13-26)22(16(2)3)25(30)29-14-19-20(15-29)23(19)18-10-8-9-11-21(18)31-6/h8-11,19-20,23,28H,5,7,12-15H2,1-4,6H3/b24-17-/t19-,20+,23+. The molecule has 3 atom stereocenters. The number of rotatable bonds is 8. The number of likely N-dealkylation sites (tertiary alicyclic amines) is 1. The molecule has 5 heteroatoms. The minimum atomic E-state index is 0.0873. The summed E-state index contributed by atoms with van der Waals surface area (Å²) in [7, 11) is 1.73. The van der Waals surface area contributed by atoms with Gasteiger partial charge in [-0.25, -0.2) is 4.99 Å². The molecule has 1 heterocycles. The number of aliphatic imine (C=N–C) groups is 1. The van der Waals surface area contributed by atoms with Gasteiger partial charge in [-0.2, -0.15) is 0 Å². The highest BCUT2D eigenvalue weighted by Crippen LogP contribution is 2.60. The maximum Gasteiger partial charge on any atom is 0.254 e. The van der Waals surface area contributed by atoms with Crippen LogP contribution in [0.3, 0.4) is 0 Å². The summed E-state index contributed by atoms with van der Waals surface area (Å²) in [6.07, 6.45) is 3.00. The van der Waals surface area contributed by atoms with E-state index in [-0.39, 0.29) is 11.4 Å². The van der Waals surface area contributed by atoms with E-state index >= 15 is 0 Å². The summed E-state index contributed by atoms with van der Waals surface area (Å²) in [6.45, 7) is 13.7. The zero-order valence-corrected chi connectivity index (χ0v) is 19.5. The van der Waals surface area contributed by atoms with Gasteiger partial charge in [0.1, 0.15) is 11.6 Å². The van der Waals surface area contributed by atoms with Gasteiger partial charge in [0.2, 0.25) is 0 Å². The van der Waals surface area contributed by atoms with Crippen LogP contribution in [0.1, 0.15) is 58.4 Å². The molecule has 0 aromatic heterocycles. The maximum atomic E-state index is 13.6. The maximum absolute atomic E-state index is 13.6. The number of allylic oxidation sites excluding steroid dienone is 1. The fourth-order valence-electron chi connectivity index (χ4n) is 5.17. The van der Waals surface area contributed by atoms with Crippen LogP contribution in [0, 0.1) is 11.8 Å². The van der Waals surface area contributed by atoms with E-state index in [1.807, 2.05) is 30.9 Å². The number of hydrogen-bond donors (Lipinski definition) is 1. The largest absolute Gasteiger partial charge is 0.496 e. The molecule has 0 spiro atoms. The molecule has 2 saturated carbocycles. The van der Waals surface area contributed by atoms with Crippen molar-refractivity contribution in [2.24, 2.45) is 16.8 Å². The molecule has 3 aliphatic rings. The van der Waals surface area contributed by atoms with E-state index in [1.165, 1.54) is 5.56 Å². The Morgan fingerprint density at radius 2 is 1.90 bits per heavy atom. The summed E-state index contributed by atoms with van der Waals surface area (Å²) in [6, 6.07) is 8.28. The third-order valence-corrected chi connectivity index (χ3v) is 7.21. The summed E-state index contributed by atoms with van der Waals surface area (Å²) in [5, 5.41) is 3.54. The number of carbonyl (C=O) groups is 1. The molecular formula is C26H35N3O2. The lowest BCUT2D eigenvalue weighted by atomic mass is 9.96. The van der Waals surface area contributed by atoms with Crippen molar-refractivity contribution in [1.29, 1.82) is 0 Å². The van der Waals surface area contributed by atoms with Crippen LogP contribution in [0.15, 0.2) is 51.8 Å². The minimum Gasteiger partial charge on any atom is -0.496 e. The number of fused-ring (bicyclic) bond motifs is 1. The van der Waals surface area contributed by atoms with Crippen molar-refractivity contribution in [3.05, 3.63) is 52.4 Å². The van der Waals surface area contributed by atoms with Crippen molar-refractivity contribution in [2.45, 2.75) is 58.4 Å². The van der Waals surface area contributed by atoms with Crippen LogP contribution in [0.2, 0.25) is 0 Å². The van der Waals surface area contributed by atoms with E-state index in [4.69, 9.17) is 4.74 Å². The van der Waals surface area contributed by atoms with Gasteiger partial charge in [0, 0.05) is 29.8 Å². The Morgan fingerprint density at radius 1 is 1.26 bits per heavy atom. The average Bonchev–Trinajstić information content (AvgIpc) is 3.62.